The van der Waals surface area contributed by atoms with E-state index in [-0.39, 0.29) is 42.9 Å². The van der Waals surface area contributed by atoms with Crippen LogP contribution in [-0.4, -0.2) is 80.7 Å². The topological polar surface area (TPSA) is 192 Å². The number of esters is 2. The van der Waals surface area contributed by atoms with Crippen molar-refractivity contribution < 1.29 is 52.2 Å². The molecule has 15 nitrogen and oxygen atoms in total. The maximum atomic E-state index is 13.5. The molecule has 15 heteroatoms. The number of amides is 4. The molecule has 0 unspecified atom stereocenters. The first-order valence-electron chi connectivity index (χ1n) is 17.9. The third kappa shape index (κ3) is 12.5. The van der Waals surface area contributed by atoms with Gasteiger partial charge in [0.1, 0.15) is 24.2 Å². The van der Waals surface area contributed by atoms with Crippen LogP contribution in [0.4, 0.5) is 0 Å². The first-order valence-corrected chi connectivity index (χ1v) is 17.9. The van der Waals surface area contributed by atoms with E-state index in [1.54, 1.807) is 25.1 Å². The highest BCUT2D eigenvalue weighted by atomic mass is 16.7. The number of carbonyl (C=O) groups excluding carboxylic acids is 6. The third-order valence-corrected chi connectivity index (χ3v) is 8.53. The highest BCUT2D eigenvalue weighted by molar-refractivity contribution is 6.00. The monoisotopic (exact) mass is 750 g/mol. The van der Waals surface area contributed by atoms with Crippen molar-refractivity contribution in [3.8, 4) is 17.1 Å². The number of hydroxylamine groups is 2. The zero-order valence-electron chi connectivity index (χ0n) is 31.4. The van der Waals surface area contributed by atoms with Crippen molar-refractivity contribution in [1.82, 2.24) is 21.0 Å². The molecule has 0 spiro atoms. The molecule has 1 heterocycles. The molecule has 3 aromatic rings. The van der Waals surface area contributed by atoms with Crippen LogP contribution in [0.1, 0.15) is 85.8 Å². The van der Waals surface area contributed by atoms with Crippen molar-refractivity contribution in [1.29, 1.82) is 0 Å². The average Bonchev–Trinajstić information content (AvgIpc) is 3.69. The van der Waals surface area contributed by atoms with Gasteiger partial charge < -0.3 is 34.6 Å². The molecule has 0 radical (unpaired) electrons. The lowest BCUT2D eigenvalue weighted by molar-refractivity contribution is -0.200. The van der Waals surface area contributed by atoms with Gasteiger partial charge in [-0.15, -0.1) is 0 Å². The number of ether oxygens (including phenoxy) is 3. The lowest BCUT2D eigenvalue weighted by Crippen LogP contribution is -2.48. The molecule has 3 atom stereocenters. The van der Waals surface area contributed by atoms with E-state index in [4.69, 9.17) is 18.7 Å². The van der Waals surface area contributed by atoms with Crippen LogP contribution in [0.2, 0.25) is 0 Å². The van der Waals surface area contributed by atoms with Crippen molar-refractivity contribution in [2.24, 2.45) is 5.92 Å². The Morgan fingerprint density at radius 1 is 0.889 bits per heavy atom. The van der Waals surface area contributed by atoms with E-state index < -0.39 is 48.2 Å². The number of furan rings is 1. The molecule has 0 aliphatic rings. The summed E-state index contributed by atoms with van der Waals surface area (Å²) in [4.78, 5) is 81.6. The Labute approximate surface area is 315 Å². The Hall–Kier alpha value is -5.70. The zero-order valence-corrected chi connectivity index (χ0v) is 31.4. The van der Waals surface area contributed by atoms with E-state index in [1.165, 1.54) is 17.2 Å². The molecule has 0 fully saturated rings. The molecule has 4 amide bonds. The Bertz CT molecular complexity index is 1690. The second kappa shape index (κ2) is 22.4. The highest BCUT2D eigenvalue weighted by Gasteiger charge is 2.32. The summed E-state index contributed by atoms with van der Waals surface area (Å²) in [5.41, 5.74) is 1.45. The summed E-state index contributed by atoms with van der Waals surface area (Å²) in [5.74, 6) is -3.31. The van der Waals surface area contributed by atoms with E-state index in [2.05, 4.69) is 27.6 Å². The Morgan fingerprint density at radius 2 is 1.65 bits per heavy atom. The van der Waals surface area contributed by atoms with Crippen LogP contribution in [-0.2, 0) is 40.1 Å². The van der Waals surface area contributed by atoms with Gasteiger partial charge >= 0.3 is 11.9 Å². The van der Waals surface area contributed by atoms with Crippen molar-refractivity contribution >= 4 is 36.1 Å². The van der Waals surface area contributed by atoms with Crippen LogP contribution >= 0.6 is 0 Å². The SMILES string of the molecule is CCCCC[C@@H](C(=O)NCNC(=O)c1ccc(-c2ccc(C(=O)N[C@@H](CC(=O)OC)C(=O)OC)c(OCC)c2)o1)[C@@H](CC)N(C=O)OCc1ccccc1. The molecular weight excluding hydrogens is 700 g/mol. The summed E-state index contributed by atoms with van der Waals surface area (Å²) in [6.45, 7) is 5.86. The van der Waals surface area contributed by atoms with Crippen LogP contribution < -0.4 is 20.7 Å². The molecule has 292 valence electrons. The predicted molar refractivity (Wildman–Crippen MR) is 197 cm³/mol. The molecule has 0 aliphatic heterocycles. The van der Waals surface area contributed by atoms with Crippen LogP contribution in [0.15, 0.2) is 65.1 Å². The fourth-order valence-electron chi connectivity index (χ4n) is 5.69. The van der Waals surface area contributed by atoms with Gasteiger partial charge in [0.2, 0.25) is 12.3 Å². The molecule has 0 saturated carbocycles. The smallest absolute Gasteiger partial charge is 0.328 e. The average molecular weight is 751 g/mol. The van der Waals surface area contributed by atoms with Gasteiger partial charge in [-0.05, 0) is 49.6 Å². The van der Waals surface area contributed by atoms with E-state index in [1.807, 2.05) is 37.3 Å². The van der Waals surface area contributed by atoms with Gasteiger partial charge in [0.25, 0.3) is 11.8 Å². The number of rotatable bonds is 23. The van der Waals surface area contributed by atoms with Crippen molar-refractivity contribution in [2.45, 2.75) is 78.0 Å². The van der Waals surface area contributed by atoms with Crippen LogP contribution in [0.5, 0.6) is 5.75 Å². The maximum Gasteiger partial charge on any atom is 0.328 e. The van der Waals surface area contributed by atoms with E-state index in [0.717, 1.165) is 39.0 Å². The van der Waals surface area contributed by atoms with Crippen molar-refractivity contribution in [3.63, 3.8) is 0 Å². The van der Waals surface area contributed by atoms with E-state index >= 15 is 0 Å². The first-order chi connectivity index (χ1) is 26.1. The lowest BCUT2D eigenvalue weighted by Gasteiger charge is -2.32. The molecule has 2 aromatic carbocycles. The Kier molecular flexibility index (Phi) is 17.7. The number of carbonyl (C=O) groups is 6. The van der Waals surface area contributed by atoms with E-state index in [0.29, 0.717) is 30.6 Å². The minimum Gasteiger partial charge on any atom is -0.493 e. The molecule has 54 heavy (non-hydrogen) atoms. The summed E-state index contributed by atoms with van der Waals surface area (Å²) < 4.78 is 20.8. The van der Waals surface area contributed by atoms with Gasteiger partial charge in [0.15, 0.2) is 5.76 Å². The number of hydrogen-bond acceptors (Lipinski definition) is 11. The van der Waals surface area contributed by atoms with Crippen molar-refractivity contribution in [3.05, 3.63) is 77.6 Å². The second-order valence-electron chi connectivity index (χ2n) is 12.2. The summed E-state index contributed by atoms with van der Waals surface area (Å²) in [6.07, 6.45) is 3.81. The molecule has 3 N–H and O–H groups in total. The normalized spacial score (nSPS) is 12.4. The van der Waals surface area contributed by atoms with Gasteiger partial charge in [-0.1, -0.05) is 69.5 Å². The standard InChI is InChI=1S/C39H50N4O11/c1-6-9-11-16-28(31(7-2)43(25-44)53-23-26-14-12-10-13-15-26)36(46)40-24-41-38(48)33-20-19-32(54-33)27-17-18-29(34(21-27)52-8-3)37(47)42-30(39(49)51-5)22-35(45)50-4/h10,12-15,17-21,25,28,30-31H,6-9,11,16,22-24H2,1-5H3,(H,40,46)(H,41,48)(H,42,47)/t28-,30+,31-/m1/s1. The Balaban J connectivity index is 1.67. The molecular formula is C39H50N4O11. The van der Waals surface area contributed by atoms with Gasteiger partial charge in [-0.2, -0.15) is 0 Å². The summed E-state index contributed by atoms with van der Waals surface area (Å²) >= 11 is 0. The minimum absolute atomic E-state index is 0.0323. The molecule has 3 rings (SSSR count). The van der Waals surface area contributed by atoms with Gasteiger partial charge in [-0.25, -0.2) is 9.86 Å². The third-order valence-electron chi connectivity index (χ3n) is 8.53. The number of nitrogens with zero attached hydrogens (tertiary/aromatic N) is 1. The fraction of sp³-hybridized carbons (Fsp3) is 0.436. The highest BCUT2D eigenvalue weighted by Crippen LogP contribution is 2.29. The molecule has 0 aliphatic carbocycles. The fourth-order valence-corrected chi connectivity index (χ4v) is 5.69. The summed E-state index contributed by atoms with van der Waals surface area (Å²) in [7, 11) is 2.30. The summed E-state index contributed by atoms with van der Waals surface area (Å²) in [5, 5.41) is 9.11. The first kappa shape index (κ1) is 42.7. The minimum atomic E-state index is -1.29. The largest absolute Gasteiger partial charge is 0.493 e. The van der Waals surface area contributed by atoms with Gasteiger partial charge in [0, 0.05) is 5.56 Å². The number of methoxy groups -OCH3 is 2. The quantitative estimate of drug-likeness (QED) is 0.0405. The van der Waals surface area contributed by atoms with E-state index in [9.17, 15) is 28.8 Å². The summed E-state index contributed by atoms with van der Waals surface area (Å²) in [6, 6.07) is 15.2. The number of nitrogens with one attached hydrogen (secondary N) is 3. The maximum absolute atomic E-state index is 13.5. The zero-order chi connectivity index (χ0) is 39.5. The van der Waals surface area contributed by atoms with Crippen LogP contribution in [0.3, 0.4) is 0 Å². The number of unbranched alkanes of at least 4 members (excludes halogenated alkanes) is 2. The van der Waals surface area contributed by atoms with Gasteiger partial charge in [0.05, 0.1) is 51.4 Å². The molecule has 0 bridgehead atoms. The second-order valence-corrected chi connectivity index (χ2v) is 12.2. The van der Waals surface area contributed by atoms with Gasteiger partial charge in [-0.3, -0.25) is 28.8 Å². The van der Waals surface area contributed by atoms with Crippen molar-refractivity contribution in [2.75, 3.05) is 27.5 Å². The number of benzene rings is 2. The Morgan fingerprint density at radius 3 is 2.30 bits per heavy atom. The lowest BCUT2D eigenvalue weighted by atomic mass is 9.90. The van der Waals surface area contributed by atoms with Crippen LogP contribution in [0.25, 0.3) is 11.3 Å². The molecule has 0 saturated heterocycles. The van der Waals surface area contributed by atoms with Crippen LogP contribution in [0, 0.1) is 5.92 Å². The number of hydrogen-bond donors (Lipinski definition) is 3. The molecule has 1 aromatic heterocycles. The predicted octanol–water partition coefficient (Wildman–Crippen LogP) is 4.55.